The van der Waals surface area contributed by atoms with E-state index in [4.69, 9.17) is 0 Å². The standard InChI is InChI=1S/C16H32N2O2S/c1-5-13(2)15-11-18(9-6-10-21(4,19)20)16(3,12-17-15)14-7-8-14/h13-15,17H,5-12H2,1-4H3. The largest absolute Gasteiger partial charge is 0.311 e. The maximum Gasteiger partial charge on any atom is 0.147 e. The fourth-order valence-corrected chi connectivity index (χ4v) is 4.25. The van der Waals surface area contributed by atoms with Gasteiger partial charge in [0.1, 0.15) is 9.84 Å². The number of sulfone groups is 1. The van der Waals surface area contributed by atoms with Gasteiger partial charge in [0.15, 0.2) is 0 Å². The number of nitrogens with zero attached hydrogens (tertiary/aromatic N) is 1. The number of piperazine rings is 1. The number of hydrogen-bond donors (Lipinski definition) is 1. The van der Waals surface area contributed by atoms with Gasteiger partial charge >= 0.3 is 0 Å². The lowest BCUT2D eigenvalue weighted by molar-refractivity contribution is 0.0237. The van der Waals surface area contributed by atoms with Gasteiger partial charge in [0.05, 0.1) is 5.75 Å². The Labute approximate surface area is 130 Å². The maximum atomic E-state index is 11.4. The molecule has 0 amide bonds. The smallest absolute Gasteiger partial charge is 0.147 e. The van der Waals surface area contributed by atoms with E-state index < -0.39 is 9.84 Å². The fraction of sp³-hybridized carbons (Fsp3) is 1.00. The lowest BCUT2D eigenvalue weighted by Crippen LogP contribution is -2.65. The first kappa shape index (κ1) is 17.2. The SMILES string of the molecule is CCC(C)C1CN(CCCS(C)(=O)=O)C(C)(C2CC2)CN1. The van der Waals surface area contributed by atoms with Gasteiger partial charge < -0.3 is 5.32 Å². The third kappa shape index (κ3) is 4.42. The molecule has 21 heavy (non-hydrogen) atoms. The van der Waals surface area contributed by atoms with E-state index in [2.05, 4.69) is 31.0 Å². The molecule has 1 heterocycles. The summed E-state index contributed by atoms with van der Waals surface area (Å²) in [5, 5.41) is 3.76. The monoisotopic (exact) mass is 316 g/mol. The highest BCUT2D eigenvalue weighted by atomic mass is 32.2. The van der Waals surface area contributed by atoms with Crippen LogP contribution in [0, 0.1) is 11.8 Å². The summed E-state index contributed by atoms with van der Waals surface area (Å²) < 4.78 is 22.7. The summed E-state index contributed by atoms with van der Waals surface area (Å²) in [4.78, 5) is 2.59. The Bertz CT molecular complexity index is 447. The van der Waals surface area contributed by atoms with Gasteiger partial charge in [-0.2, -0.15) is 0 Å². The molecule has 0 aromatic rings. The summed E-state index contributed by atoms with van der Waals surface area (Å²) in [7, 11) is -2.84. The summed E-state index contributed by atoms with van der Waals surface area (Å²) >= 11 is 0. The van der Waals surface area contributed by atoms with Crippen LogP contribution in [0.4, 0.5) is 0 Å². The molecule has 0 spiro atoms. The molecule has 0 aromatic carbocycles. The van der Waals surface area contributed by atoms with Crippen LogP contribution in [-0.2, 0) is 9.84 Å². The Morgan fingerprint density at radius 3 is 2.57 bits per heavy atom. The van der Waals surface area contributed by atoms with E-state index in [-0.39, 0.29) is 5.54 Å². The van der Waals surface area contributed by atoms with Crippen molar-refractivity contribution in [2.24, 2.45) is 11.8 Å². The molecular formula is C16H32N2O2S. The van der Waals surface area contributed by atoms with Gasteiger partial charge in [0.2, 0.25) is 0 Å². The molecule has 124 valence electrons. The van der Waals surface area contributed by atoms with Crippen LogP contribution in [0.2, 0.25) is 0 Å². The van der Waals surface area contributed by atoms with Crippen molar-refractivity contribution < 1.29 is 8.42 Å². The molecule has 0 aromatic heterocycles. The zero-order valence-corrected chi connectivity index (χ0v) is 14.9. The second-order valence-corrected chi connectivity index (χ2v) is 9.69. The molecule has 2 fully saturated rings. The summed E-state index contributed by atoms with van der Waals surface area (Å²) in [6, 6.07) is 0.542. The molecule has 1 aliphatic heterocycles. The van der Waals surface area contributed by atoms with Gasteiger partial charge in [-0.15, -0.1) is 0 Å². The first-order valence-corrected chi connectivity index (χ1v) is 10.5. The van der Waals surface area contributed by atoms with Crippen molar-refractivity contribution >= 4 is 9.84 Å². The lowest BCUT2D eigenvalue weighted by atomic mass is 9.86. The van der Waals surface area contributed by atoms with Crippen molar-refractivity contribution in [3.05, 3.63) is 0 Å². The third-order valence-corrected chi connectivity index (χ3v) is 6.62. The highest BCUT2D eigenvalue weighted by Crippen LogP contribution is 2.44. The van der Waals surface area contributed by atoms with Crippen molar-refractivity contribution in [2.75, 3.05) is 31.6 Å². The molecule has 1 aliphatic carbocycles. The maximum absolute atomic E-state index is 11.4. The number of nitrogens with one attached hydrogen (secondary N) is 1. The highest BCUT2D eigenvalue weighted by molar-refractivity contribution is 7.90. The van der Waals surface area contributed by atoms with Crippen molar-refractivity contribution in [3.63, 3.8) is 0 Å². The first-order valence-electron chi connectivity index (χ1n) is 8.42. The average Bonchev–Trinajstić information content (AvgIpc) is 3.23. The van der Waals surface area contributed by atoms with Crippen LogP contribution >= 0.6 is 0 Å². The van der Waals surface area contributed by atoms with E-state index in [9.17, 15) is 8.42 Å². The molecule has 1 N–H and O–H groups in total. The van der Waals surface area contributed by atoms with Gasteiger partial charge in [0.25, 0.3) is 0 Å². The van der Waals surface area contributed by atoms with Gasteiger partial charge in [-0.05, 0) is 44.6 Å². The molecule has 5 heteroatoms. The van der Waals surface area contributed by atoms with E-state index in [0.717, 1.165) is 32.0 Å². The van der Waals surface area contributed by atoms with Crippen LogP contribution in [0.15, 0.2) is 0 Å². The van der Waals surface area contributed by atoms with E-state index in [0.29, 0.717) is 17.7 Å². The number of hydrogen-bond acceptors (Lipinski definition) is 4. The number of rotatable bonds is 7. The predicted octanol–water partition coefficient (Wildman–Crippen LogP) is 1.91. The normalized spacial score (nSPS) is 33.0. The highest BCUT2D eigenvalue weighted by Gasteiger charge is 2.48. The average molecular weight is 317 g/mol. The zero-order chi connectivity index (χ0) is 15.7. The van der Waals surface area contributed by atoms with E-state index in [1.807, 2.05) is 0 Å². The zero-order valence-electron chi connectivity index (χ0n) is 14.1. The second-order valence-electron chi connectivity index (χ2n) is 7.43. The molecule has 2 rings (SSSR count). The molecule has 1 saturated heterocycles. The van der Waals surface area contributed by atoms with E-state index in [1.165, 1.54) is 25.5 Å². The van der Waals surface area contributed by atoms with Crippen LogP contribution in [0.5, 0.6) is 0 Å². The van der Waals surface area contributed by atoms with E-state index in [1.54, 1.807) is 0 Å². The Balaban J connectivity index is 1.99. The summed E-state index contributed by atoms with van der Waals surface area (Å²) in [5.41, 5.74) is 0.224. The van der Waals surface area contributed by atoms with Crippen LogP contribution < -0.4 is 5.32 Å². The molecular weight excluding hydrogens is 284 g/mol. The lowest BCUT2D eigenvalue weighted by Gasteiger charge is -2.50. The van der Waals surface area contributed by atoms with Crippen LogP contribution in [0.1, 0.15) is 46.5 Å². The Kier molecular flexibility index (Phi) is 5.37. The molecule has 0 radical (unpaired) electrons. The summed E-state index contributed by atoms with van der Waals surface area (Å²) in [6.45, 7) is 9.94. The van der Waals surface area contributed by atoms with Crippen molar-refractivity contribution in [2.45, 2.75) is 58.0 Å². The first-order chi connectivity index (χ1) is 9.76. The topological polar surface area (TPSA) is 49.4 Å². The van der Waals surface area contributed by atoms with Gasteiger partial charge in [-0.3, -0.25) is 4.90 Å². The third-order valence-electron chi connectivity index (χ3n) is 5.59. The van der Waals surface area contributed by atoms with Gasteiger partial charge in [-0.25, -0.2) is 8.42 Å². The van der Waals surface area contributed by atoms with Gasteiger partial charge in [-0.1, -0.05) is 20.3 Å². The minimum Gasteiger partial charge on any atom is -0.311 e. The molecule has 1 saturated carbocycles. The molecule has 2 aliphatic rings. The molecule has 3 unspecified atom stereocenters. The Morgan fingerprint density at radius 1 is 1.38 bits per heavy atom. The van der Waals surface area contributed by atoms with Crippen molar-refractivity contribution in [1.82, 2.24) is 10.2 Å². The predicted molar refractivity (Wildman–Crippen MR) is 88.3 cm³/mol. The summed E-state index contributed by atoms with van der Waals surface area (Å²) in [6.07, 6.45) is 5.94. The minimum absolute atomic E-state index is 0.224. The van der Waals surface area contributed by atoms with Crippen molar-refractivity contribution in [3.8, 4) is 0 Å². The second kappa shape index (κ2) is 6.55. The van der Waals surface area contributed by atoms with Crippen LogP contribution in [0.25, 0.3) is 0 Å². The van der Waals surface area contributed by atoms with E-state index >= 15 is 0 Å². The summed E-state index contributed by atoms with van der Waals surface area (Å²) in [5.74, 6) is 1.78. The van der Waals surface area contributed by atoms with Crippen molar-refractivity contribution in [1.29, 1.82) is 0 Å². The molecule has 4 nitrogen and oxygen atoms in total. The minimum atomic E-state index is -2.84. The van der Waals surface area contributed by atoms with Crippen LogP contribution in [-0.4, -0.2) is 56.5 Å². The molecule has 3 atom stereocenters. The Hall–Kier alpha value is -0.130. The van der Waals surface area contributed by atoms with Crippen LogP contribution in [0.3, 0.4) is 0 Å². The fourth-order valence-electron chi connectivity index (χ4n) is 3.60. The Morgan fingerprint density at radius 2 is 2.05 bits per heavy atom. The van der Waals surface area contributed by atoms with Gasteiger partial charge in [0, 0.05) is 30.9 Å². The molecule has 0 bridgehead atoms. The quantitative estimate of drug-likeness (QED) is 0.779.